The first-order valence-corrected chi connectivity index (χ1v) is 8.97. The molecule has 6 heteroatoms. The second kappa shape index (κ2) is 7.63. The number of nitrogens with one attached hydrogen (secondary N) is 3. The van der Waals surface area contributed by atoms with Crippen molar-refractivity contribution in [3.63, 3.8) is 0 Å². The number of pyridine rings is 1. The third kappa shape index (κ3) is 3.97. The summed E-state index contributed by atoms with van der Waals surface area (Å²) in [6.45, 7) is 6.48. The van der Waals surface area contributed by atoms with Crippen LogP contribution < -0.4 is 10.6 Å². The Morgan fingerprint density at radius 2 is 2.04 bits per heavy atom. The largest absolute Gasteiger partial charge is 0.369 e. The third-order valence-corrected chi connectivity index (χ3v) is 4.59. The Kier molecular flexibility index (Phi) is 4.90. The molecule has 1 saturated heterocycles. The molecule has 3 N–H and O–H groups in total. The van der Waals surface area contributed by atoms with E-state index in [2.05, 4.69) is 36.6 Å². The number of benzene rings is 1. The van der Waals surface area contributed by atoms with Gasteiger partial charge in [-0.3, -0.25) is 0 Å². The van der Waals surface area contributed by atoms with Crippen molar-refractivity contribution < 1.29 is 0 Å². The molecule has 6 nitrogen and oxygen atoms in total. The van der Waals surface area contributed by atoms with Crippen LogP contribution in [0.15, 0.2) is 42.6 Å². The van der Waals surface area contributed by atoms with Crippen molar-refractivity contribution in [3.05, 3.63) is 42.6 Å². The van der Waals surface area contributed by atoms with Gasteiger partial charge in [-0.2, -0.15) is 0 Å². The highest BCUT2D eigenvalue weighted by Gasteiger charge is 2.08. The second-order valence-electron chi connectivity index (χ2n) is 6.41. The molecule has 0 spiro atoms. The molecule has 3 heterocycles. The van der Waals surface area contributed by atoms with E-state index in [1.54, 1.807) is 0 Å². The molecule has 0 bridgehead atoms. The lowest BCUT2D eigenvalue weighted by Gasteiger charge is -2.19. The lowest BCUT2D eigenvalue weighted by Crippen LogP contribution is -2.32. The van der Waals surface area contributed by atoms with Gasteiger partial charge in [-0.05, 0) is 43.8 Å². The van der Waals surface area contributed by atoms with Crippen molar-refractivity contribution in [1.82, 2.24) is 25.2 Å². The van der Waals surface area contributed by atoms with Crippen LogP contribution in [0.25, 0.3) is 22.4 Å². The molecule has 25 heavy (non-hydrogen) atoms. The molecule has 0 atom stereocenters. The Labute approximate surface area is 147 Å². The first kappa shape index (κ1) is 16.1. The summed E-state index contributed by atoms with van der Waals surface area (Å²) in [5, 5.41) is 6.85. The van der Waals surface area contributed by atoms with E-state index in [0.717, 1.165) is 61.0 Å². The van der Waals surface area contributed by atoms with E-state index >= 15 is 0 Å². The average molecular weight is 336 g/mol. The van der Waals surface area contributed by atoms with Crippen LogP contribution >= 0.6 is 0 Å². The summed E-state index contributed by atoms with van der Waals surface area (Å²) in [6, 6.07) is 12.1. The van der Waals surface area contributed by atoms with Crippen molar-refractivity contribution in [1.29, 1.82) is 0 Å². The number of aromatic amines is 1. The van der Waals surface area contributed by atoms with Crippen molar-refractivity contribution in [2.45, 2.75) is 6.42 Å². The summed E-state index contributed by atoms with van der Waals surface area (Å²) in [5.41, 5.74) is 3.03. The van der Waals surface area contributed by atoms with E-state index in [1.807, 2.05) is 36.5 Å². The second-order valence-corrected chi connectivity index (χ2v) is 6.41. The Morgan fingerprint density at radius 1 is 1.08 bits per heavy atom. The number of fused-ring (bicyclic) bond motifs is 1. The minimum Gasteiger partial charge on any atom is -0.369 e. The molecule has 2 aromatic heterocycles. The predicted octanol–water partition coefficient (Wildman–Crippen LogP) is 2.33. The average Bonchev–Trinajstić information content (AvgIpc) is 2.92. The maximum Gasteiger partial charge on any atom is 0.140 e. The van der Waals surface area contributed by atoms with Crippen molar-refractivity contribution in [2.75, 3.05) is 44.6 Å². The van der Waals surface area contributed by atoms with E-state index in [-0.39, 0.29) is 0 Å². The summed E-state index contributed by atoms with van der Waals surface area (Å²) in [4.78, 5) is 15.0. The van der Waals surface area contributed by atoms with Gasteiger partial charge in [-0.1, -0.05) is 12.1 Å². The van der Waals surface area contributed by atoms with Gasteiger partial charge in [0.1, 0.15) is 11.6 Å². The maximum absolute atomic E-state index is 4.62. The van der Waals surface area contributed by atoms with Gasteiger partial charge < -0.3 is 20.5 Å². The highest BCUT2D eigenvalue weighted by atomic mass is 15.2. The molecule has 4 rings (SSSR count). The zero-order chi connectivity index (χ0) is 16.9. The Bertz CT molecular complexity index is 769. The standard InChI is InChI=1S/C19H24N6/c1-2-5-17-16(4-1)23-19(24-17)15-6-7-18(22-14-15)21-10-13-25-11-3-8-20-9-12-25/h1-2,4-7,14,20H,3,8-13H2,(H,21,22)(H,23,24). The highest BCUT2D eigenvalue weighted by molar-refractivity contribution is 5.79. The molecule has 0 aliphatic carbocycles. The summed E-state index contributed by atoms with van der Waals surface area (Å²) < 4.78 is 0. The van der Waals surface area contributed by atoms with Gasteiger partial charge >= 0.3 is 0 Å². The molecule has 1 aliphatic heterocycles. The topological polar surface area (TPSA) is 68.9 Å². The fraction of sp³-hybridized carbons (Fsp3) is 0.368. The summed E-state index contributed by atoms with van der Waals surface area (Å²) in [7, 11) is 0. The third-order valence-electron chi connectivity index (χ3n) is 4.59. The van der Waals surface area contributed by atoms with Crippen LogP contribution in [-0.4, -0.2) is 59.1 Å². The number of imidazole rings is 1. The smallest absolute Gasteiger partial charge is 0.140 e. The van der Waals surface area contributed by atoms with E-state index in [0.29, 0.717) is 0 Å². The van der Waals surface area contributed by atoms with Gasteiger partial charge in [-0.25, -0.2) is 9.97 Å². The Hall–Kier alpha value is -2.44. The van der Waals surface area contributed by atoms with E-state index in [4.69, 9.17) is 0 Å². The fourth-order valence-corrected chi connectivity index (χ4v) is 3.20. The molecule has 0 unspecified atom stereocenters. The molecule has 0 radical (unpaired) electrons. The molecular formula is C19H24N6. The first-order valence-electron chi connectivity index (χ1n) is 8.97. The van der Waals surface area contributed by atoms with Crippen LogP contribution in [-0.2, 0) is 0 Å². The Morgan fingerprint density at radius 3 is 2.92 bits per heavy atom. The van der Waals surface area contributed by atoms with E-state index < -0.39 is 0 Å². The number of para-hydroxylation sites is 2. The fourth-order valence-electron chi connectivity index (χ4n) is 3.20. The van der Waals surface area contributed by atoms with Crippen LogP contribution in [0.1, 0.15) is 6.42 Å². The minimum absolute atomic E-state index is 0.859. The molecule has 0 amide bonds. The van der Waals surface area contributed by atoms with Crippen molar-refractivity contribution in [3.8, 4) is 11.4 Å². The van der Waals surface area contributed by atoms with Gasteiger partial charge in [0, 0.05) is 37.9 Å². The maximum atomic E-state index is 4.62. The molecule has 130 valence electrons. The lowest BCUT2D eigenvalue weighted by atomic mass is 10.2. The lowest BCUT2D eigenvalue weighted by molar-refractivity contribution is 0.304. The molecular weight excluding hydrogens is 312 g/mol. The van der Waals surface area contributed by atoms with Gasteiger partial charge in [-0.15, -0.1) is 0 Å². The number of nitrogens with zero attached hydrogens (tertiary/aromatic N) is 3. The number of aromatic nitrogens is 3. The molecule has 3 aromatic rings. The van der Waals surface area contributed by atoms with Crippen LogP contribution in [0.2, 0.25) is 0 Å². The van der Waals surface area contributed by atoms with Crippen molar-refractivity contribution in [2.24, 2.45) is 0 Å². The zero-order valence-electron chi connectivity index (χ0n) is 14.3. The number of hydrogen-bond acceptors (Lipinski definition) is 5. The minimum atomic E-state index is 0.859. The Balaban J connectivity index is 1.35. The summed E-state index contributed by atoms with van der Waals surface area (Å²) in [6.07, 6.45) is 3.10. The van der Waals surface area contributed by atoms with Gasteiger partial charge in [0.2, 0.25) is 0 Å². The SMILES string of the molecule is c1ccc2[nH]c(-c3ccc(NCCN4CCCNCC4)nc3)nc2c1. The molecule has 0 saturated carbocycles. The summed E-state index contributed by atoms with van der Waals surface area (Å²) in [5.74, 6) is 1.77. The number of H-pyrrole nitrogens is 1. The van der Waals surface area contributed by atoms with Crippen LogP contribution in [0, 0.1) is 0 Å². The number of hydrogen-bond donors (Lipinski definition) is 3. The van der Waals surface area contributed by atoms with Crippen molar-refractivity contribution >= 4 is 16.9 Å². The monoisotopic (exact) mass is 336 g/mol. The predicted molar refractivity (Wildman–Crippen MR) is 102 cm³/mol. The van der Waals surface area contributed by atoms with E-state index in [9.17, 15) is 0 Å². The van der Waals surface area contributed by atoms with Crippen LogP contribution in [0.5, 0.6) is 0 Å². The number of rotatable bonds is 5. The molecule has 1 fully saturated rings. The highest BCUT2D eigenvalue weighted by Crippen LogP contribution is 2.20. The molecule has 1 aromatic carbocycles. The zero-order valence-corrected chi connectivity index (χ0v) is 14.3. The molecule has 1 aliphatic rings. The van der Waals surface area contributed by atoms with Crippen LogP contribution in [0.3, 0.4) is 0 Å². The van der Waals surface area contributed by atoms with Crippen LogP contribution in [0.4, 0.5) is 5.82 Å². The first-order chi connectivity index (χ1) is 12.4. The quantitative estimate of drug-likeness (QED) is 0.667. The van der Waals surface area contributed by atoms with Gasteiger partial charge in [0.15, 0.2) is 0 Å². The number of anilines is 1. The van der Waals surface area contributed by atoms with E-state index in [1.165, 1.54) is 13.0 Å². The normalized spacial score (nSPS) is 16.0. The van der Waals surface area contributed by atoms with Gasteiger partial charge in [0.25, 0.3) is 0 Å². The van der Waals surface area contributed by atoms with Gasteiger partial charge in [0.05, 0.1) is 11.0 Å². The summed E-state index contributed by atoms with van der Waals surface area (Å²) >= 11 is 0.